The zero-order valence-electron chi connectivity index (χ0n) is 16.2. The summed E-state index contributed by atoms with van der Waals surface area (Å²) >= 11 is 0. The Morgan fingerprint density at radius 1 is 1.10 bits per heavy atom. The van der Waals surface area contributed by atoms with Gasteiger partial charge in [-0.15, -0.1) is 0 Å². The Bertz CT molecular complexity index is 785. The van der Waals surface area contributed by atoms with Crippen LogP contribution < -0.4 is 14.8 Å². The third kappa shape index (κ3) is 5.18. The first-order chi connectivity index (χ1) is 13.5. The number of ether oxygens (including phenoxy) is 3. The second kappa shape index (κ2) is 8.71. The first-order valence-electron chi connectivity index (χ1n) is 8.86. The molecule has 0 aliphatic heterocycles. The quantitative estimate of drug-likeness (QED) is 0.585. The fourth-order valence-electron chi connectivity index (χ4n) is 3.36. The molecule has 0 unspecified atom stereocenters. The van der Waals surface area contributed by atoms with Crippen molar-refractivity contribution in [3.05, 3.63) is 23.8 Å². The number of carbonyl (C=O) groups is 3. The number of rotatable bonds is 5. The Labute approximate surface area is 165 Å². The van der Waals surface area contributed by atoms with Gasteiger partial charge in [-0.25, -0.2) is 4.79 Å². The number of esters is 2. The molecule has 7 nitrogen and oxygen atoms in total. The molecular formula is C19H22F3NO6. The van der Waals surface area contributed by atoms with E-state index >= 15 is 0 Å². The summed E-state index contributed by atoms with van der Waals surface area (Å²) in [7, 11) is 2.46. The number of benzene rings is 1. The molecule has 0 saturated heterocycles. The molecule has 29 heavy (non-hydrogen) atoms. The van der Waals surface area contributed by atoms with E-state index in [2.05, 4.69) is 5.32 Å². The first kappa shape index (κ1) is 22.5. The molecule has 0 atom stereocenters. The molecule has 1 aromatic carbocycles. The van der Waals surface area contributed by atoms with Crippen LogP contribution in [0.15, 0.2) is 18.2 Å². The molecule has 160 valence electrons. The van der Waals surface area contributed by atoms with Crippen molar-refractivity contribution in [3.63, 3.8) is 0 Å². The highest BCUT2D eigenvalue weighted by Gasteiger charge is 2.50. The number of carbonyl (C=O) groups excluding carboxylic acids is 3. The number of nitrogens with one attached hydrogen (secondary N) is 1. The van der Waals surface area contributed by atoms with E-state index in [0.29, 0.717) is 0 Å². The fourth-order valence-corrected chi connectivity index (χ4v) is 3.36. The van der Waals surface area contributed by atoms with Gasteiger partial charge in [-0.2, -0.15) is 13.2 Å². The van der Waals surface area contributed by atoms with Crippen LogP contribution >= 0.6 is 0 Å². The summed E-state index contributed by atoms with van der Waals surface area (Å²) in [5.74, 6) is -3.46. The predicted octanol–water partition coefficient (Wildman–Crippen LogP) is 3.01. The van der Waals surface area contributed by atoms with Gasteiger partial charge in [-0.05, 0) is 43.9 Å². The smallest absolute Gasteiger partial charge is 0.391 e. The molecule has 1 aromatic rings. The van der Waals surface area contributed by atoms with Gasteiger partial charge in [0, 0.05) is 12.5 Å². The van der Waals surface area contributed by atoms with Crippen molar-refractivity contribution in [2.45, 2.75) is 44.3 Å². The van der Waals surface area contributed by atoms with Crippen LogP contribution in [0.4, 0.5) is 13.2 Å². The molecule has 1 fully saturated rings. The molecule has 0 aromatic heterocycles. The van der Waals surface area contributed by atoms with Gasteiger partial charge in [0.05, 0.1) is 20.1 Å². The van der Waals surface area contributed by atoms with Crippen LogP contribution in [0.25, 0.3) is 0 Å². The molecule has 1 amide bonds. The lowest BCUT2D eigenvalue weighted by Gasteiger charge is -2.38. The fraction of sp³-hybridized carbons (Fsp3) is 0.526. The van der Waals surface area contributed by atoms with Crippen molar-refractivity contribution >= 4 is 17.8 Å². The summed E-state index contributed by atoms with van der Waals surface area (Å²) in [5, 5.41) is 2.53. The van der Waals surface area contributed by atoms with Crippen LogP contribution in [0.1, 0.15) is 43.0 Å². The van der Waals surface area contributed by atoms with E-state index in [-0.39, 0.29) is 42.7 Å². The van der Waals surface area contributed by atoms with Crippen molar-refractivity contribution in [3.8, 4) is 11.5 Å². The number of hydrogen-bond donors (Lipinski definition) is 1. The van der Waals surface area contributed by atoms with Gasteiger partial charge in [-0.1, -0.05) is 0 Å². The highest BCUT2D eigenvalue weighted by atomic mass is 19.4. The van der Waals surface area contributed by atoms with Gasteiger partial charge >= 0.3 is 18.1 Å². The minimum Gasteiger partial charge on any atom is -0.493 e. The van der Waals surface area contributed by atoms with Gasteiger partial charge in [-0.3, -0.25) is 9.59 Å². The largest absolute Gasteiger partial charge is 0.493 e. The van der Waals surface area contributed by atoms with Crippen LogP contribution in [-0.2, 0) is 14.3 Å². The van der Waals surface area contributed by atoms with Crippen LogP contribution in [0.5, 0.6) is 11.5 Å². The number of hydrogen-bond acceptors (Lipinski definition) is 6. The maximum atomic E-state index is 13.0. The van der Waals surface area contributed by atoms with Crippen molar-refractivity contribution in [1.82, 2.24) is 5.32 Å². The standard InChI is InChI=1S/C19H22F3NO6/c1-11(24)29-15-10-12(4-5-14(15)27-2)16(25)23-18(17(26)28-3)8-6-13(7-9-18)19(20,21)22/h4-5,10,13H,6-9H2,1-3H3,(H,23,25). The van der Waals surface area contributed by atoms with E-state index < -0.39 is 35.5 Å². The third-order valence-corrected chi connectivity index (χ3v) is 4.91. The molecule has 0 heterocycles. The minimum atomic E-state index is -4.36. The molecule has 0 radical (unpaired) electrons. The monoisotopic (exact) mass is 417 g/mol. The highest BCUT2D eigenvalue weighted by Crippen LogP contribution is 2.41. The van der Waals surface area contributed by atoms with Crippen LogP contribution in [0.3, 0.4) is 0 Å². The maximum absolute atomic E-state index is 13.0. The summed E-state index contributed by atoms with van der Waals surface area (Å²) in [5.41, 5.74) is -1.52. The summed E-state index contributed by atoms with van der Waals surface area (Å²) in [6, 6.07) is 4.04. The average molecular weight is 417 g/mol. The van der Waals surface area contributed by atoms with E-state index in [9.17, 15) is 27.6 Å². The second-order valence-electron chi connectivity index (χ2n) is 6.80. The Morgan fingerprint density at radius 3 is 2.21 bits per heavy atom. The molecular weight excluding hydrogens is 395 g/mol. The molecule has 10 heteroatoms. The van der Waals surface area contributed by atoms with Crippen LogP contribution in [0, 0.1) is 5.92 Å². The molecule has 1 aliphatic carbocycles. The number of amides is 1. The Balaban J connectivity index is 2.25. The maximum Gasteiger partial charge on any atom is 0.391 e. The molecule has 1 saturated carbocycles. The van der Waals surface area contributed by atoms with E-state index in [0.717, 1.165) is 7.11 Å². The van der Waals surface area contributed by atoms with Crippen molar-refractivity contribution < 1.29 is 41.8 Å². The first-order valence-corrected chi connectivity index (χ1v) is 8.86. The van der Waals surface area contributed by atoms with Crippen molar-refractivity contribution in [2.75, 3.05) is 14.2 Å². The van der Waals surface area contributed by atoms with Crippen LogP contribution in [-0.4, -0.2) is 43.8 Å². The summed E-state index contributed by atoms with van der Waals surface area (Å²) in [6.07, 6.45) is -5.38. The summed E-state index contributed by atoms with van der Waals surface area (Å²) in [6.45, 7) is 1.18. The van der Waals surface area contributed by atoms with Crippen LogP contribution in [0.2, 0.25) is 0 Å². The summed E-state index contributed by atoms with van der Waals surface area (Å²) in [4.78, 5) is 36.3. The van der Waals surface area contributed by atoms with E-state index in [1.807, 2.05) is 0 Å². The Morgan fingerprint density at radius 2 is 1.72 bits per heavy atom. The van der Waals surface area contributed by atoms with E-state index in [1.165, 1.54) is 32.2 Å². The van der Waals surface area contributed by atoms with Gasteiger partial charge < -0.3 is 19.5 Å². The molecule has 0 spiro atoms. The topological polar surface area (TPSA) is 90.9 Å². The van der Waals surface area contributed by atoms with E-state index in [4.69, 9.17) is 14.2 Å². The molecule has 0 bridgehead atoms. The molecule has 1 aliphatic rings. The average Bonchev–Trinajstić information content (AvgIpc) is 2.66. The molecule has 1 N–H and O–H groups in total. The summed E-state index contributed by atoms with van der Waals surface area (Å²) < 4.78 is 53.7. The lowest BCUT2D eigenvalue weighted by molar-refractivity contribution is -0.188. The lowest BCUT2D eigenvalue weighted by Crippen LogP contribution is -2.57. The van der Waals surface area contributed by atoms with E-state index in [1.54, 1.807) is 0 Å². The zero-order chi connectivity index (χ0) is 21.8. The van der Waals surface area contributed by atoms with Crippen molar-refractivity contribution in [1.29, 1.82) is 0 Å². The molecule has 2 rings (SSSR count). The minimum absolute atomic E-state index is 0.000507. The lowest BCUT2D eigenvalue weighted by atomic mass is 9.76. The van der Waals surface area contributed by atoms with Gasteiger partial charge in [0.2, 0.25) is 0 Å². The van der Waals surface area contributed by atoms with Crippen molar-refractivity contribution in [2.24, 2.45) is 5.92 Å². The number of halogens is 3. The zero-order valence-corrected chi connectivity index (χ0v) is 16.2. The normalized spacial score (nSPS) is 21.8. The van der Waals surface area contributed by atoms with Gasteiger partial charge in [0.15, 0.2) is 11.5 Å². The highest BCUT2D eigenvalue weighted by molar-refractivity contribution is 5.98. The number of alkyl halides is 3. The third-order valence-electron chi connectivity index (χ3n) is 4.91. The predicted molar refractivity (Wildman–Crippen MR) is 94.5 cm³/mol. The second-order valence-corrected chi connectivity index (χ2v) is 6.80. The Kier molecular flexibility index (Phi) is 6.76. The number of methoxy groups -OCH3 is 2. The van der Waals surface area contributed by atoms with Gasteiger partial charge in [0.1, 0.15) is 5.54 Å². The SMILES string of the molecule is COC(=O)C1(NC(=O)c2ccc(OC)c(OC(C)=O)c2)CCC(C(F)(F)F)CC1. The Hall–Kier alpha value is -2.78. The van der Waals surface area contributed by atoms with Gasteiger partial charge in [0.25, 0.3) is 5.91 Å².